The summed E-state index contributed by atoms with van der Waals surface area (Å²) in [4.78, 5) is 24.4. The fraction of sp³-hybridized carbons (Fsp3) is 0.765. The molecule has 0 heterocycles. The number of ether oxygens (including phenoxy) is 1. The Hall–Kier alpha value is -1.12. The van der Waals surface area contributed by atoms with E-state index in [1.165, 1.54) is 19.1 Å². The van der Waals surface area contributed by atoms with Crippen LogP contribution in [0, 0.1) is 16.7 Å². The fourth-order valence-corrected chi connectivity index (χ4v) is 4.81. The fourth-order valence-electron chi connectivity index (χ4n) is 4.81. The molecule has 3 nitrogen and oxygen atoms in total. The third-order valence-electron chi connectivity index (χ3n) is 6.08. The molecule has 110 valence electrons. The quantitative estimate of drug-likeness (QED) is 0.544. The van der Waals surface area contributed by atoms with E-state index in [-0.39, 0.29) is 17.3 Å². The summed E-state index contributed by atoms with van der Waals surface area (Å²) in [6.07, 6.45) is 9.26. The standard InChI is InChI=1S/C17H24O3/c1-16-8-3-4-13(16)14-6-5-12(18)7-9-17(14,11-10-16)15(19)20-2/h4,14H,3,5-11H2,1-2H3/t14-,16+,17-/m0/s1. The Morgan fingerprint density at radius 1 is 1.25 bits per heavy atom. The van der Waals surface area contributed by atoms with Gasteiger partial charge in [0.05, 0.1) is 12.5 Å². The van der Waals surface area contributed by atoms with Crippen molar-refractivity contribution >= 4 is 11.8 Å². The SMILES string of the molecule is COC(=O)[C@]12CCC(=O)CC[C@H]1C1=CCC[C@]1(C)CC2. The van der Waals surface area contributed by atoms with E-state index in [1.807, 2.05) is 0 Å². The zero-order valence-corrected chi connectivity index (χ0v) is 12.5. The molecule has 0 aromatic heterocycles. The summed E-state index contributed by atoms with van der Waals surface area (Å²) >= 11 is 0. The molecule has 0 bridgehead atoms. The highest BCUT2D eigenvalue weighted by Gasteiger charge is 2.56. The number of carbonyl (C=O) groups excluding carboxylic acids is 2. The Bertz CT molecular complexity index is 479. The van der Waals surface area contributed by atoms with Crippen LogP contribution in [0.5, 0.6) is 0 Å². The number of rotatable bonds is 1. The molecule has 0 unspecified atom stereocenters. The van der Waals surface area contributed by atoms with Gasteiger partial charge in [-0.25, -0.2) is 0 Å². The summed E-state index contributed by atoms with van der Waals surface area (Å²) in [5, 5.41) is 0. The van der Waals surface area contributed by atoms with Crippen LogP contribution in [0.15, 0.2) is 11.6 Å². The average molecular weight is 276 g/mol. The molecule has 3 atom stereocenters. The van der Waals surface area contributed by atoms with Crippen molar-refractivity contribution in [3.8, 4) is 0 Å². The molecule has 0 spiro atoms. The van der Waals surface area contributed by atoms with E-state index in [4.69, 9.17) is 4.74 Å². The van der Waals surface area contributed by atoms with Gasteiger partial charge in [0.15, 0.2) is 0 Å². The highest BCUT2D eigenvalue weighted by molar-refractivity contribution is 5.83. The van der Waals surface area contributed by atoms with Gasteiger partial charge in [0, 0.05) is 12.8 Å². The maximum atomic E-state index is 12.5. The molecular formula is C17H24O3. The van der Waals surface area contributed by atoms with E-state index in [9.17, 15) is 9.59 Å². The molecular weight excluding hydrogens is 252 g/mol. The summed E-state index contributed by atoms with van der Waals surface area (Å²) in [6.45, 7) is 2.33. The molecule has 0 N–H and O–H groups in total. The number of allylic oxidation sites excluding steroid dienone is 2. The number of methoxy groups -OCH3 is 1. The van der Waals surface area contributed by atoms with Gasteiger partial charge in [-0.2, -0.15) is 0 Å². The van der Waals surface area contributed by atoms with Crippen LogP contribution in [0.1, 0.15) is 58.3 Å². The third-order valence-corrected chi connectivity index (χ3v) is 6.08. The van der Waals surface area contributed by atoms with Crippen molar-refractivity contribution in [3.05, 3.63) is 11.6 Å². The van der Waals surface area contributed by atoms with Crippen molar-refractivity contribution in [2.45, 2.75) is 58.3 Å². The highest BCUT2D eigenvalue weighted by atomic mass is 16.5. The van der Waals surface area contributed by atoms with Crippen LogP contribution in [0.25, 0.3) is 0 Å². The van der Waals surface area contributed by atoms with E-state index in [2.05, 4.69) is 13.0 Å². The first kappa shape index (κ1) is 13.8. The molecule has 0 amide bonds. The lowest BCUT2D eigenvalue weighted by molar-refractivity contribution is -0.159. The lowest BCUT2D eigenvalue weighted by Crippen LogP contribution is -2.46. The van der Waals surface area contributed by atoms with Crippen molar-refractivity contribution in [2.75, 3.05) is 7.11 Å². The van der Waals surface area contributed by atoms with Crippen molar-refractivity contribution in [1.29, 1.82) is 0 Å². The molecule has 0 aromatic rings. The molecule has 2 fully saturated rings. The van der Waals surface area contributed by atoms with Gasteiger partial charge in [-0.1, -0.05) is 18.6 Å². The van der Waals surface area contributed by atoms with E-state index in [0.29, 0.717) is 25.0 Å². The summed E-state index contributed by atoms with van der Waals surface area (Å²) in [7, 11) is 1.48. The molecule has 3 rings (SSSR count). The maximum Gasteiger partial charge on any atom is 0.312 e. The summed E-state index contributed by atoms with van der Waals surface area (Å²) in [5.74, 6) is 0.442. The Morgan fingerprint density at radius 3 is 2.80 bits per heavy atom. The van der Waals surface area contributed by atoms with Gasteiger partial charge >= 0.3 is 5.97 Å². The molecule has 0 radical (unpaired) electrons. The van der Waals surface area contributed by atoms with E-state index >= 15 is 0 Å². The van der Waals surface area contributed by atoms with Crippen LogP contribution in [-0.2, 0) is 14.3 Å². The second-order valence-electron chi connectivity index (χ2n) is 7.04. The van der Waals surface area contributed by atoms with Crippen molar-refractivity contribution < 1.29 is 14.3 Å². The monoisotopic (exact) mass is 276 g/mol. The van der Waals surface area contributed by atoms with Crippen LogP contribution in [0.4, 0.5) is 0 Å². The largest absolute Gasteiger partial charge is 0.469 e. The Labute approximate surface area is 120 Å². The van der Waals surface area contributed by atoms with Gasteiger partial charge in [-0.15, -0.1) is 0 Å². The summed E-state index contributed by atoms with van der Waals surface area (Å²) in [6, 6.07) is 0. The number of hydrogen-bond acceptors (Lipinski definition) is 3. The van der Waals surface area contributed by atoms with E-state index in [0.717, 1.165) is 25.7 Å². The molecule has 3 aliphatic rings. The van der Waals surface area contributed by atoms with E-state index in [1.54, 1.807) is 0 Å². The Balaban J connectivity index is 2.03. The van der Waals surface area contributed by atoms with Gasteiger partial charge in [-0.3, -0.25) is 9.59 Å². The summed E-state index contributed by atoms with van der Waals surface area (Å²) in [5.41, 5.74) is 1.27. The maximum absolute atomic E-state index is 12.5. The predicted molar refractivity (Wildman–Crippen MR) is 76.1 cm³/mol. The van der Waals surface area contributed by atoms with Gasteiger partial charge in [0.1, 0.15) is 5.78 Å². The second-order valence-corrected chi connectivity index (χ2v) is 7.04. The number of fused-ring (bicyclic) bond motifs is 3. The normalized spacial score (nSPS) is 40.4. The van der Waals surface area contributed by atoms with E-state index < -0.39 is 5.41 Å². The smallest absolute Gasteiger partial charge is 0.312 e. The van der Waals surface area contributed by atoms with Crippen LogP contribution in [-0.4, -0.2) is 18.9 Å². The zero-order chi connectivity index (χ0) is 14.4. The molecule has 3 aliphatic carbocycles. The lowest BCUT2D eigenvalue weighted by atomic mass is 9.55. The van der Waals surface area contributed by atoms with Crippen LogP contribution in [0.3, 0.4) is 0 Å². The van der Waals surface area contributed by atoms with Crippen LogP contribution < -0.4 is 0 Å². The van der Waals surface area contributed by atoms with Crippen molar-refractivity contribution in [3.63, 3.8) is 0 Å². The minimum absolute atomic E-state index is 0.0907. The number of esters is 1. The van der Waals surface area contributed by atoms with Gasteiger partial charge in [-0.05, 0) is 49.9 Å². The zero-order valence-electron chi connectivity index (χ0n) is 12.5. The molecule has 0 aromatic carbocycles. The van der Waals surface area contributed by atoms with Crippen LogP contribution >= 0.6 is 0 Å². The Kier molecular flexibility index (Phi) is 3.26. The minimum Gasteiger partial charge on any atom is -0.469 e. The van der Waals surface area contributed by atoms with Crippen LogP contribution in [0.2, 0.25) is 0 Å². The minimum atomic E-state index is -0.434. The topological polar surface area (TPSA) is 43.4 Å². The lowest BCUT2D eigenvalue weighted by Gasteiger charge is -2.49. The number of ketones is 1. The number of Topliss-reactive ketones (excluding diaryl/α,β-unsaturated/α-hetero) is 1. The Morgan fingerprint density at radius 2 is 2.05 bits per heavy atom. The van der Waals surface area contributed by atoms with Crippen molar-refractivity contribution in [2.24, 2.45) is 16.7 Å². The first-order chi connectivity index (χ1) is 9.52. The molecule has 20 heavy (non-hydrogen) atoms. The number of carbonyl (C=O) groups is 2. The number of hydrogen-bond donors (Lipinski definition) is 0. The second kappa shape index (κ2) is 4.71. The molecule has 0 aliphatic heterocycles. The first-order valence-corrected chi connectivity index (χ1v) is 7.82. The summed E-state index contributed by atoms with van der Waals surface area (Å²) < 4.78 is 5.14. The molecule has 3 heteroatoms. The predicted octanol–water partition coefficient (Wildman–Crippen LogP) is 3.43. The van der Waals surface area contributed by atoms with Gasteiger partial charge in [0.2, 0.25) is 0 Å². The average Bonchev–Trinajstić information content (AvgIpc) is 2.75. The van der Waals surface area contributed by atoms with Gasteiger partial charge in [0.25, 0.3) is 0 Å². The first-order valence-electron chi connectivity index (χ1n) is 7.82. The highest BCUT2D eigenvalue weighted by Crippen LogP contribution is 2.61. The van der Waals surface area contributed by atoms with Crippen molar-refractivity contribution in [1.82, 2.24) is 0 Å². The third kappa shape index (κ3) is 1.86. The molecule has 2 saturated carbocycles. The molecule has 0 saturated heterocycles. The van der Waals surface area contributed by atoms with Gasteiger partial charge < -0.3 is 4.74 Å².